The molecule has 4 N–H and O–H groups in total. The van der Waals surface area contributed by atoms with Crippen LogP contribution in [0, 0.1) is 6.92 Å². The first-order chi connectivity index (χ1) is 10.6. The molecule has 4 rings (SSSR count). The van der Waals surface area contributed by atoms with E-state index in [1.807, 2.05) is 13.1 Å². The molecule has 1 atom stereocenters. The summed E-state index contributed by atoms with van der Waals surface area (Å²) >= 11 is 0. The molecule has 1 aliphatic heterocycles. The van der Waals surface area contributed by atoms with Crippen molar-refractivity contribution in [1.29, 1.82) is 0 Å². The van der Waals surface area contributed by atoms with Gasteiger partial charge in [-0.05, 0) is 13.8 Å². The van der Waals surface area contributed by atoms with Crippen molar-refractivity contribution in [3.63, 3.8) is 0 Å². The van der Waals surface area contributed by atoms with Crippen LogP contribution in [0.5, 0.6) is 5.88 Å². The molecule has 0 bridgehead atoms. The number of ether oxygens (including phenoxy) is 1. The first-order valence-electron chi connectivity index (χ1n) is 7.06. The number of nitrogens with zero attached hydrogens (tertiary/aromatic N) is 5. The van der Waals surface area contributed by atoms with E-state index in [-0.39, 0.29) is 12.0 Å². The van der Waals surface area contributed by atoms with E-state index in [9.17, 15) is 0 Å². The Morgan fingerprint density at radius 2 is 2.23 bits per heavy atom. The van der Waals surface area contributed by atoms with E-state index in [4.69, 9.17) is 10.5 Å². The molecule has 0 fully saturated rings. The van der Waals surface area contributed by atoms with Crippen molar-refractivity contribution in [2.45, 2.75) is 19.9 Å². The lowest BCUT2D eigenvalue weighted by atomic mass is 10.1. The van der Waals surface area contributed by atoms with Crippen LogP contribution in [0.25, 0.3) is 11.0 Å². The van der Waals surface area contributed by atoms with Gasteiger partial charge in [0.1, 0.15) is 17.8 Å². The molecule has 9 nitrogen and oxygen atoms in total. The summed E-state index contributed by atoms with van der Waals surface area (Å²) in [5.41, 5.74) is 8.56. The van der Waals surface area contributed by atoms with Crippen LogP contribution in [0.2, 0.25) is 0 Å². The predicted octanol–water partition coefficient (Wildman–Crippen LogP) is 0.927. The van der Waals surface area contributed by atoms with E-state index in [0.717, 1.165) is 22.5 Å². The van der Waals surface area contributed by atoms with E-state index >= 15 is 0 Å². The second kappa shape index (κ2) is 4.58. The second-order valence-corrected chi connectivity index (χ2v) is 5.33. The number of hydrogen-bond acceptors (Lipinski definition) is 7. The summed E-state index contributed by atoms with van der Waals surface area (Å²) in [6.45, 7) is 5.29. The van der Waals surface area contributed by atoms with Crippen LogP contribution < -0.4 is 15.4 Å². The Balaban J connectivity index is 1.89. The highest BCUT2D eigenvalue weighted by Gasteiger charge is 2.28. The van der Waals surface area contributed by atoms with Gasteiger partial charge in [-0.2, -0.15) is 15.1 Å². The van der Waals surface area contributed by atoms with Crippen molar-refractivity contribution in [2.75, 3.05) is 23.8 Å². The summed E-state index contributed by atoms with van der Waals surface area (Å²) in [5, 5.41) is 14.8. The molecular weight excluding hydrogens is 284 g/mol. The average Bonchev–Trinajstić information content (AvgIpc) is 3.03. The zero-order valence-electron chi connectivity index (χ0n) is 12.3. The van der Waals surface area contributed by atoms with Gasteiger partial charge in [0.25, 0.3) is 0 Å². The van der Waals surface area contributed by atoms with Gasteiger partial charge in [0.15, 0.2) is 5.65 Å². The topological polar surface area (TPSA) is 122 Å². The summed E-state index contributed by atoms with van der Waals surface area (Å²) in [6, 6.07) is 0.0701. The monoisotopic (exact) mass is 300 g/mol. The molecule has 22 heavy (non-hydrogen) atoms. The Kier molecular flexibility index (Phi) is 2.68. The van der Waals surface area contributed by atoms with Crippen molar-refractivity contribution < 1.29 is 4.74 Å². The van der Waals surface area contributed by atoms with Crippen LogP contribution in [0.15, 0.2) is 6.20 Å². The molecule has 0 aliphatic carbocycles. The average molecular weight is 300 g/mol. The second-order valence-electron chi connectivity index (χ2n) is 5.33. The third-order valence-electron chi connectivity index (χ3n) is 4.01. The lowest BCUT2D eigenvalue weighted by molar-refractivity contribution is 0.315. The summed E-state index contributed by atoms with van der Waals surface area (Å²) in [7, 11) is 0. The number of nitrogens with one attached hydrogen (secondary N) is 2. The Morgan fingerprint density at radius 1 is 1.36 bits per heavy atom. The molecule has 9 heteroatoms. The molecule has 4 heterocycles. The minimum atomic E-state index is 0.0701. The van der Waals surface area contributed by atoms with Crippen molar-refractivity contribution in [1.82, 2.24) is 30.4 Å². The van der Waals surface area contributed by atoms with Crippen molar-refractivity contribution >= 4 is 22.8 Å². The first-order valence-corrected chi connectivity index (χ1v) is 7.06. The van der Waals surface area contributed by atoms with E-state index in [1.165, 1.54) is 0 Å². The number of anilines is 2. The number of aromatic amines is 2. The minimum Gasteiger partial charge on any atom is -0.474 e. The normalized spacial score (nSPS) is 15.6. The fraction of sp³-hybridized carbons (Fsp3) is 0.385. The lowest BCUT2D eigenvalue weighted by Crippen LogP contribution is -2.31. The third kappa shape index (κ3) is 1.78. The Labute approximate surface area is 125 Å². The highest BCUT2D eigenvalue weighted by Crippen LogP contribution is 2.37. The molecule has 0 aromatic carbocycles. The maximum absolute atomic E-state index is 5.84. The van der Waals surface area contributed by atoms with Gasteiger partial charge in [-0.3, -0.25) is 10.2 Å². The third-order valence-corrected chi connectivity index (χ3v) is 4.01. The molecule has 114 valence electrons. The SMILES string of the molecule is Cc1[nH]ncc1[C@@H](C)N1CCOc2n[nH]c3nc(N)nc1c23. The molecule has 3 aromatic rings. The predicted molar refractivity (Wildman–Crippen MR) is 80.7 cm³/mol. The van der Waals surface area contributed by atoms with Gasteiger partial charge >= 0.3 is 0 Å². The minimum absolute atomic E-state index is 0.0701. The van der Waals surface area contributed by atoms with Crippen LogP contribution in [0.1, 0.15) is 24.2 Å². The molecule has 0 amide bonds. The van der Waals surface area contributed by atoms with Crippen LogP contribution in [-0.4, -0.2) is 43.5 Å². The van der Waals surface area contributed by atoms with Gasteiger partial charge in [0.2, 0.25) is 11.8 Å². The van der Waals surface area contributed by atoms with Gasteiger partial charge in [-0.15, -0.1) is 5.10 Å². The number of aromatic nitrogens is 6. The van der Waals surface area contributed by atoms with Gasteiger partial charge in [-0.1, -0.05) is 0 Å². The molecule has 0 saturated heterocycles. The maximum Gasteiger partial charge on any atom is 0.246 e. The number of rotatable bonds is 2. The molecule has 1 aliphatic rings. The highest BCUT2D eigenvalue weighted by atomic mass is 16.5. The van der Waals surface area contributed by atoms with Crippen molar-refractivity contribution in [2.24, 2.45) is 0 Å². The lowest BCUT2D eigenvalue weighted by Gasteiger charge is -2.29. The van der Waals surface area contributed by atoms with Crippen molar-refractivity contribution in [3.05, 3.63) is 17.5 Å². The van der Waals surface area contributed by atoms with Crippen LogP contribution in [-0.2, 0) is 0 Å². The van der Waals surface area contributed by atoms with Crippen LogP contribution in [0.4, 0.5) is 11.8 Å². The van der Waals surface area contributed by atoms with E-state index in [2.05, 4.69) is 42.2 Å². The molecule has 0 unspecified atom stereocenters. The van der Waals surface area contributed by atoms with E-state index in [1.54, 1.807) is 0 Å². The fourth-order valence-electron chi connectivity index (χ4n) is 2.89. The quantitative estimate of drug-likeness (QED) is 0.643. The van der Waals surface area contributed by atoms with E-state index in [0.29, 0.717) is 24.7 Å². The number of nitrogen functional groups attached to an aromatic ring is 1. The van der Waals surface area contributed by atoms with E-state index < -0.39 is 0 Å². The number of H-pyrrole nitrogens is 2. The fourth-order valence-corrected chi connectivity index (χ4v) is 2.89. The summed E-state index contributed by atoms with van der Waals surface area (Å²) in [6.07, 6.45) is 1.84. The standard InChI is InChI=1S/C13H16N8O/c1-6-8(5-15-18-6)7(2)21-3-4-22-12-9-10(19-20-12)16-13(14)17-11(9)21/h5,7H,3-4H2,1-2H3,(H,15,18)(H3,14,16,17,19,20)/t7-/m1/s1. The number of aryl methyl sites for hydroxylation is 1. The van der Waals surface area contributed by atoms with Gasteiger partial charge < -0.3 is 15.4 Å². The molecule has 0 spiro atoms. The molecule has 0 saturated carbocycles. The highest BCUT2D eigenvalue weighted by molar-refractivity contribution is 5.93. The van der Waals surface area contributed by atoms with Gasteiger partial charge in [0, 0.05) is 11.3 Å². The largest absolute Gasteiger partial charge is 0.474 e. The first kappa shape index (κ1) is 12.9. The number of hydrogen-bond donors (Lipinski definition) is 3. The zero-order valence-corrected chi connectivity index (χ0v) is 12.3. The van der Waals surface area contributed by atoms with Crippen molar-refractivity contribution in [3.8, 4) is 5.88 Å². The Hall–Kier alpha value is -2.84. The summed E-state index contributed by atoms with van der Waals surface area (Å²) < 4.78 is 5.70. The van der Waals surface area contributed by atoms with Crippen LogP contribution in [0.3, 0.4) is 0 Å². The smallest absolute Gasteiger partial charge is 0.246 e. The maximum atomic E-state index is 5.84. The molecule has 3 aromatic heterocycles. The Bertz CT molecular complexity index is 838. The molecular formula is C13H16N8O. The molecule has 0 radical (unpaired) electrons. The van der Waals surface area contributed by atoms with Crippen LogP contribution >= 0.6 is 0 Å². The summed E-state index contributed by atoms with van der Waals surface area (Å²) in [4.78, 5) is 10.7. The van der Waals surface area contributed by atoms with Gasteiger partial charge in [0.05, 0.1) is 18.8 Å². The zero-order chi connectivity index (χ0) is 15.3. The number of nitrogens with two attached hydrogens (primary N) is 1. The summed E-state index contributed by atoms with van der Waals surface area (Å²) in [5.74, 6) is 1.46. The van der Waals surface area contributed by atoms with Gasteiger partial charge in [-0.25, -0.2) is 0 Å². The Morgan fingerprint density at radius 3 is 3.00 bits per heavy atom.